The molecule has 3 heterocycles. The number of rotatable bonds is 8. The number of piperidine rings is 1. The van der Waals surface area contributed by atoms with Crippen molar-refractivity contribution in [3.63, 3.8) is 0 Å². The van der Waals surface area contributed by atoms with E-state index in [1.807, 2.05) is 18.2 Å². The van der Waals surface area contributed by atoms with Gasteiger partial charge in [0.25, 0.3) is 5.91 Å². The van der Waals surface area contributed by atoms with Crippen molar-refractivity contribution in [1.82, 2.24) is 15.1 Å². The molecule has 1 atom stereocenters. The van der Waals surface area contributed by atoms with Gasteiger partial charge in [-0.15, -0.1) is 0 Å². The number of imide groups is 1. The maximum absolute atomic E-state index is 15.2. The molecule has 2 saturated heterocycles. The summed E-state index contributed by atoms with van der Waals surface area (Å²) in [7, 11) is 0. The van der Waals surface area contributed by atoms with Crippen molar-refractivity contribution >= 4 is 29.1 Å². The molecule has 3 aromatic carbocycles. The maximum atomic E-state index is 15.2. The van der Waals surface area contributed by atoms with Gasteiger partial charge in [0.1, 0.15) is 24.2 Å². The number of anilines is 1. The van der Waals surface area contributed by atoms with Crippen molar-refractivity contribution in [3.05, 3.63) is 99.6 Å². The average Bonchev–Trinajstić information content (AvgIpc) is 3.37. The molecule has 0 radical (unpaired) electrons. The summed E-state index contributed by atoms with van der Waals surface area (Å²) in [6.07, 6.45) is 1.30. The van der Waals surface area contributed by atoms with Gasteiger partial charge in [0.05, 0.1) is 13.1 Å². The van der Waals surface area contributed by atoms with Crippen LogP contribution < -0.4 is 15.0 Å². The van der Waals surface area contributed by atoms with Gasteiger partial charge >= 0.3 is 0 Å². The SMILES string of the molecule is [C-]#[N+]c1ccc(N2CCN(Cc3ccc(COc4cccc5c4CN([C@H]4CCC(=O)NC4=O)C5=O)c(F)c3)CC2)cc1CC. The molecule has 0 unspecified atom stereocenters. The van der Waals surface area contributed by atoms with Crippen LogP contribution in [0.15, 0.2) is 54.6 Å². The molecule has 0 bridgehead atoms. The molecule has 0 saturated carbocycles. The number of carbonyl (C=O) groups is 3. The van der Waals surface area contributed by atoms with Crippen LogP contribution in [0.4, 0.5) is 15.8 Å². The third kappa shape index (κ3) is 5.88. The van der Waals surface area contributed by atoms with Gasteiger partial charge in [-0.25, -0.2) is 9.24 Å². The first-order chi connectivity index (χ1) is 21.3. The lowest BCUT2D eigenvalue weighted by Crippen LogP contribution is -2.52. The zero-order valence-corrected chi connectivity index (χ0v) is 24.6. The van der Waals surface area contributed by atoms with E-state index in [0.717, 1.165) is 49.4 Å². The molecular weight excluding hydrogens is 561 g/mol. The number of nitrogens with one attached hydrogen (secondary N) is 1. The standard InChI is InChI=1S/C34H34FN5O4/c1-3-23-18-25(9-10-29(23)36-2)39-15-13-38(14-16-39)19-22-7-8-24(28(35)17-22)21-44-31-6-4-5-26-27(31)20-40(34(26)43)30-11-12-32(41)37-33(30)42/h4-10,17-18,30H,3,11-16,19-21H2,1H3,(H,37,41,42)/t30-/m0/s1. The first-order valence-corrected chi connectivity index (χ1v) is 15.0. The molecule has 0 aromatic heterocycles. The van der Waals surface area contributed by atoms with Crippen molar-refractivity contribution < 1.29 is 23.5 Å². The second kappa shape index (κ2) is 12.5. The lowest BCUT2D eigenvalue weighted by Gasteiger charge is -2.36. The van der Waals surface area contributed by atoms with Gasteiger partial charge < -0.3 is 14.5 Å². The fourth-order valence-corrected chi connectivity index (χ4v) is 6.24. The third-order valence-electron chi connectivity index (χ3n) is 8.75. The maximum Gasteiger partial charge on any atom is 0.255 e. The predicted octanol–water partition coefficient (Wildman–Crippen LogP) is 4.60. The van der Waals surface area contributed by atoms with E-state index in [1.54, 1.807) is 30.3 Å². The van der Waals surface area contributed by atoms with Crippen LogP contribution in [-0.4, -0.2) is 59.7 Å². The van der Waals surface area contributed by atoms with E-state index < -0.39 is 11.9 Å². The molecule has 9 nitrogen and oxygen atoms in total. The highest BCUT2D eigenvalue weighted by molar-refractivity contribution is 6.05. The molecule has 0 spiro atoms. The third-order valence-corrected chi connectivity index (χ3v) is 8.75. The Balaban J connectivity index is 1.05. The molecule has 6 rings (SSSR count). The summed E-state index contributed by atoms with van der Waals surface area (Å²) >= 11 is 0. The second-order valence-electron chi connectivity index (χ2n) is 11.4. The zero-order chi connectivity index (χ0) is 30.8. The molecule has 0 aliphatic carbocycles. The van der Waals surface area contributed by atoms with E-state index in [4.69, 9.17) is 11.3 Å². The van der Waals surface area contributed by atoms with Crippen molar-refractivity contribution in [2.45, 2.75) is 51.9 Å². The summed E-state index contributed by atoms with van der Waals surface area (Å²) in [6, 6.07) is 15.7. The fraction of sp³-hybridized carbons (Fsp3) is 0.353. The molecule has 226 valence electrons. The predicted molar refractivity (Wildman–Crippen MR) is 163 cm³/mol. The van der Waals surface area contributed by atoms with Gasteiger partial charge in [-0.1, -0.05) is 31.2 Å². The normalized spacial score (nSPS) is 18.7. The lowest BCUT2D eigenvalue weighted by molar-refractivity contribution is -0.136. The van der Waals surface area contributed by atoms with Crippen molar-refractivity contribution in [1.29, 1.82) is 0 Å². The monoisotopic (exact) mass is 595 g/mol. The van der Waals surface area contributed by atoms with Crippen molar-refractivity contribution in [2.24, 2.45) is 0 Å². The van der Waals surface area contributed by atoms with Gasteiger partial charge in [0.15, 0.2) is 5.69 Å². The summed E-state index contributed by atoms with van der Waals surface area (Å²) < 4.78 is 21.2. The first-order valence-electron chi connectivity index (χ1n) is 15.0. The molecular formula is C34H34FN5O4. The van der Waals surface area contributed by atoms with Crippen LogP contribution in [0.5, 0.6) is 5.75 Å². The number of piperazine rings is 1. The molecule has 2 fully saturated rings. The summed E-state index contributed by atoms with van der Waals surface area (Å²) in [4.78, 5) is 46.7. The fourth-order valence-electron chi connectivity index (χ4n) is 6.24. The van der Waals surface area contributed by atoms with Crippen molar-refractivity contribution in [3.8, 4) is 5.75 Å². The van der Waals surface area contributed by atoms with E-state index in [9.17, 15) is 14.4 Å². The Morgan fingerprint density at radius 1 is 1.02 bits per heavy atom. The Morgan fingerprint density at radius 2 is 1.84 bits per heavy atom. The highest BCUT2D eigenvalue weighted by Crippen LogP contribution is 2.34. The van der Waals surface area contributed by atoms with Crippen LogP contribution in [0.1, 0.15) is 52.4 Å². The Bertz CT molecular complexity index is 1660. The largest absolute Gasteiger partial charge is 0.488 e. The smallest absolute Gasteiger partial charge is 0.255 e. The number of benzene rings is 3. The van der Waals surface area contributed by atoms with Gasteiger partial charge in [0, 0.05) is 61.5 Å². The molecule has 3 aromatic rings. The quantitative estimate of drug-likeness (QED) is 0.303. The van der Waals surface area contributed by atoms with Gasteiger partial charge in [-0.3, -0.25) is 24.6 Å². The number of amides is 3. The zero-order valence-electron chi connectivity index (χ0n) is 24.6. The highest BCUT2D eigenvalue weighted by Gasteiger charge is 2.40. The molecule has 3 amide bonds. The highest BCUT2D eigenvalue weighted by atomic mass is 19.1. The molecule has 1 N–H and O–H groups in total. The first kappa shape index (κ1) is 29.3. The van der Waals surface area contributed by atoms with E-state index >= 15 is 4.39 Å². The van der Waals surface area contributed by atoms with Crippen LogP contribution in [-0.2, 0) is 35.7 Å². The van der Waals surface area contributed by atoms with Crippen LogP contribution in [0.3, 0.4) is 0 Å². The van der Waals surface area contributed by atoms with E-state index in [2.05, 4.69) is 33.0 Å². The number of fused-ring (bicyclic) bond motifs is 1. The number of hydrogen-bond acceptors (Lipinski definition) is 6. The minimum Gasteiger partial charge on any atom is -0.488 e. The Labute approximate surface area is 256 Å². The minimum absolute atomic E-state index is 0.000114. The Hall–Kier alpha value is -4.75. The molecule has 3 aliphatic heterocycles. The van der Waals surface area contributed by atoms with Crippen LogP contribution >= 0.6 is 0 Å². The summed E-state index contributed by atoms with van der Waals surface area (Å²) in [5.41, 5.74) is 5.34. The number of aryl methyl sites for hydroxylation is 1. The van der Waals surface area contributed by atoms with E-state index in [-0.39, 0.29) is 43.6 Å². The Kier molecular flexibility index (Phi) is 8.31. The van der Waals surface area contributed by atoms with Crippen molar-refractivity contribution in [2.75, 3.05) is 31.1 Å². The number of carbonyl (C=O) groups excluding carboxylic acids is 3. The summed E-state index contributed by atoms with van der Waals surface area (Å²) in [5.74, 6) is -0.948. The van der Waals surface area contributed by atoms with Crippen LogP contribution in [0, 0.1) is 12.4 Å². The number of nitrogens with zero attached hydrogens (tertiary/aromatic N) is 4. The summed E-state index contributed by atoms with van der Waals surface area (Å²) in [5, 5.41) is 2.31. The van der Waals surface area contributed by atoms with Crippen LogP contribution in [0.2, 0.25) is 0 Å². The van der Waals surface area contributed by atoms with Gasteiger partial charge in [0.2, 0.25) is 11.8 Å². The second-order valence-corrected chi connectivity index (χ2v) is 11.4. The van der Waals surface area contributed by atoms with Crippen LogP contribution in [0.25, 0.3) is 4.85 Å². The number of halogens is 1. The van der Waals surface area contributed by atoms with E-state index in [0.29, 0.717) is 34.7 Å². The average molecular weight is 596 g/mol. The number of ether oxygens (including phenoxy) is 1. The lowest BCUT2D eigenvalue weighted by atomic mass is 10.0. The molecule has 44 heavy (non-hydrogen) atoms. The molecule has 10 heteroatoms. The van der Waals surface area contributed by atoms with E-state index in [1.165, 1.54) is 4.90 Å². The minimum atomic E-state index is -0.709. The number of hydrogen-bond donors (Lipinski definition) is 1. The molecule has 3 aliphatic rings. The van der Waals surface area contributed by atoms with Gasteiger partial charge in [-0.05, 0) is 54.3 Å². The topological polar surface area (TPSA) is 86.6 Å². The van der Waals surface area contributed by atoms with Gasteiger partial charge in [-0.2, -0.15) is 0 Å². The summed E-state index contributed by atoms with van der Waals surface area (Å²) in [6.45, 7) is 13.7. The Morgan fingerprint density at radius 3 is 2.57 bits per heavy atom.